The number of benzene rings is 2. The highest BCUT2D eigenvalue weighted by molar-refractivity contribution is 7.89. The van der Waals surface area contributed by atoms with E-state index in [4.69, 9.17) is 0 Å². The number of nitrogens with one attached hydrogen (secondary N) is 1. The second-order valence-electron chi connectivity index (χ2n) is 9.51. The van der Waals surface area contributed by atoms with Crippen LogP contribution in [0.15, 0.2) is 53.4 Å². The number of hydrogen-bond acceptors (Lipinski definition) is 4. The molecule has 7 heteroatoms. The second kappa shape index (κ2) is 10.4. The lowest BCUT2D eigenvalue weighted by molar-refractivity contribution is -0.126. The maximum absolute atomic E-state index is 13.1. The zero-order valence-corrected chi connectivity index (χ0v) is 20.5. The Balaban J connectivity index is 1.30. The Kier molecular flexibility index (Phi) is 7.51. The molecule has 6 nitrogen and oxygen atoms in total. The molecule has 2 aromatic carbocycles. The van der Waals surface area contributed by atoms with Gasteiger partial charge >= 0.3 is 0 Å². The Morgan fingerprint density at radius 3 is 2.45 bits per heavy atom. The number of sulfonamides is 1. The van der Waals surface area contributed by atoms with Gasteiger partial charge < -0.3 is 10.2 Å². The van der Waals surface area contributed by atoms with Crippen LogP contribution in [0.2, 0.25) is 0 Å². The summed E-state index contributed by atoms with van der Waals surface area (Å²) < 4.78 is 27.8. The van der Waals surface area contributed by atoms with Crippen LogP contribution in [0.3, 0.4) is 0 Å². The first-order valence-corrected chi connectivity index (χ1v) is 13.4. The molecule has 0 bridgehead atoms. The van der Waals surface area contributed by atoms with Crippen LogP contribution in [0.25, 0.3) is 0 Å². The Labute approximate surface area is 198 Å². The van der Waals surface area contributed by atoms with Gasteiger partial charge in [0, 0.05) is 31.6 Å². The van der Waals surface area contributed by atoms with Gasteiger partial charge in [0.1, 0.15) is 0 Å². The van der Waals surface area contributed by atoms with Crippen LogP contribution >= 0.6 is 0 Å². The molecule has 2 aliphatic rings. The Hall–Kier alpha value is -2.22. The summed E-state index contributed by atoms with van der Waals surface area (Å²) in [6.45, 7) is 1.35. The van der Waals surface area contributed by atoms with E-state index >= 15 is 0 Å². The zero-order chi connectivity index (χ0) is 23.4. The predicted octanol–water partition coefficient (Wildman–Crippen LogP) is 2.87. The fraction of sp³-hybridized carbons (Fsp3) is 0.500. The van der Waals surface area contributed by atoms with E-state index < -0.39 is 10.0 Å². The monoisotopic (exact) mass is 469 g/mol. The molecule has 1 heterocycles. The highest BCUT2D eigenvalue weighted by atomic mass is 32.2. The van der Waals surface area contributed by atoms with Gasteiger partial charge in [0.15, 0.2) is 0 Å². The minimum atomic E-state index is -3.51. The van der Waals surface area contributed by atoms with E-state index in [1.165, 1.54) is 11.1 Å². The summed E-state index contributed by atoms with van der Waals surface area (Å²) in [5.74, 6) is -0.111. The number of piperidine rings is 1. The zero-order valence-electron chi connectivity index (χ0n) is 19.7. The molecule has 33 heavy (non-hydrogen) atoms. The number of rotatable bonds is 8. The molecule has 0 radical (unpaired) electrons. The molecule has 1 saturated heterocycles. The molecule has 1 amide bonds. The van der Waals surface area contributed by atoms with E-state index in [1.54, 1.807) is 10.4 Å². The van der Waals surface area contributed by atoms with Gasteiger partial charge in [0.2, 0.25) is 15.9 Å². The average molecular weight is 470 g/mol. The number of fused-ring (bicyclic) bond motifs is 1. The van der Waals surface area contributed by atoms with Crippen molar-refractivity contribution in [1.29, 1.82) is 0 Å². The van der Waals surface area contributed by atoms with E-state index in [1.807, 2.05) is 44.4 Å². The molecule has 1 N–H and O–H groups in total. The third kappa shape index (κ3) is 5.65. The molecule has 4 rings (SSSR count). The van der Waals surface area contributed by atoms with E-state index in [-0.39, 0.29) is 17.9 Å². The van der Waals surface area contributed by atoms with Crippen LogP contribution in [-0.4, -0.2) is 63.3 Å². The van der Waals surface area contributed by atoms with Gasteiger partial charge in [-0.1, -0.05) is 36.4 Å². The Morgan fingerprint density at radius 1 is 1.06 bits per heavy atom. The second-order valence-corrected chi connectivity index (χ2v) is 11.5. The van der Waals surface area contributed by atoms with Crippen LogP contribution < -0.4 is 5.32 Å². The van der Waals surface area contributed by atoms with Crippen LogP contribution in [-0.2, 0) is 34.1 Å². The standard InChI is InChI=1S/C26H35N3O3S/c1-28(2)24(17-20-7-4-3-5-8-20)19-27-26(30)22-13-15-29(16-14-22)33(31,32)25-12-11-21-9-6-10-23(21)18-25/h3-5,7-8,11-12,18,22,24H,6,9-10,13-17,19H2,1-2H3,(H,27,30)/t24-/m0/s1. The van der Waals surface area contributed by atoms with Crippen molar-refractivity contribution in [3.63, 3.8) is 0 Å². The van der Waals surface area contributed by atoms with Crippen LogP contribution in [0.4, 0.5) is 0 Å². The van der Waals surface area contributed by atoms with Crippen molar-refractivity contribution in [2.75, 3.05) is 33.7 Å². The minimum Gasteiger partial charge on any atom is -0.354 e. The number of amides is 1. The molecule has 1 atom stereocenters. The van der Waals surface area contributed by atoms with Gasteiger partial charge in [-0.15, -0.1) is 0 Å². The quantitative estimate of drug-likeness (QED) is 0.646. The molecule has 2 aromatic rings. The first-order valence-electron chi connectivity index (χ1n) is 11.9. The lowest BCUT2D eigenvalue weighted by Gasteiger charge is -2.31. The van der Waals surface area contributed by atoms with Gasteiger partial charge in [-0.25, -0.2) is 8.42 Å². The summed E-state index contributed by atoms with van der Waals surface area (Å²) in [5.41, 5.74) is 3.68. The molecule has 0 saturated carbocycles. The summed E-state index contributed by atoms with van der Waals surface area (Å²) in [7, 11) is 0.550. The van der Waals surface area contributed by atoms with Crippen LogP contribution in [0, 0.1) is 5.92 Å². The number of carbonyl (C=O) groups is 1. The highest BCUT2D eigenvalue weighted by Crippen LogP contribution is 2.28. The molecule has 0 spiro atoms. The number of likely N-dealkylation sites (N-methyl/N-ethyl adjacent to an activating group) is 1. The molecule has 0 unspecified atom stereocenters. The maximum atomic E-state index is 13.1. The number of nitrogens with zero attached hydrogens (tertiary/aromatic N) is 2. The summed E-state index contributed by atoms with van der Waals surface area (Å²) in [5, 5.41) is 3.12. The first-order chi connectivity index (χ1) is 15.8. The number of hydrogen-bond donors (Lipinski definition) is 1. The first kappa shape index (κ1) is 23.9. The largest absolute Gasteiger partial charge is 0.354 e. The van der Waals surface area contributed by atoms with E-state index in [2.05, 4.69) is 22.3 Å². The van der Waals surface area contributed by atoms with Crippen molar-refractivity contribution in [3.05, 3.63) is 65.2 Å². The van der Waals surface area contributed by atoms with Crippen molar-refractivity contribution in [2.45, 2.75) is 49.5 Å². The molecule has 0 aromatic heterocycles. The molecular weight excluding hydrogens is 434 g/mol. The Morgan fingerprint density at radius 2 is 1.76 bits per heavy atom. The molecular formula is C26H35N3O3S. The van der Waals surface area contributed by atoms with Gasteiger partial charge in [-0.05, 0) is 81.4 Å². The summed E-state index contributed by atoms with van der Waals surface area (Å²) >= 11 is 0. The molecule has 1 aliphatic heterocycles. The summed E-state index contributed by atoms with van der Waals surface area (Å²) in [6, 6.07) is 16.0. The van der Waals surface area contributed by atoms with Crippen molar-refractivity contribution in [2.24, 2.45) is 5.92 Å². The minimum absolute atomic E-state index is 0.0319. The maximum Gasteiger partial charge on any atom is 0.243 e. The number of aryl methyl sites for hydroxylation is 2. The van der Waals surface area contributed by atoms with Gasteiger partial charge in [0.25, 0.3) is 0 Å². The molecule has 178 valence electrons. The third-order valence-corrected chi connectivity index (χ3v) is 8.98. The van der Waals surface area contributed by atoms with Gasteiger partial charge in [-0.3, -0.25) is 4.79 Å². The van der Waals surface area contributed by atoms with Crippen LogP contribution in [0.5, 0.6) is 0 Å². The SMILES string of the molecule is CN(C)[C@H](CNC(=O)C1CCN(S(=O)(=O)c2ccc3c(c2)CCC3)CC1)Cc1ccccc1. The molecule has 1 fully saturated rings. The van der Waals surface area contributed by atoms with Crippen LogP contribution in [0.1, 0.15) is 36.0 Å². The van der Waals surface area contributed by atoms with Crippen molar-refractivity contribution < 1.29 is 13.2 Å². The average Bonchev–Trinajstić information content (AvgIpc) is 3.30. The van der Waals surface area contributed by atoms with E-state index in [0.717, 1.165) is 31.2 Å². The van der Waals surface area contributed by atoms with E-state index in [9.17, 15) is 13.2 Å². The van der Waals surface area contributed by atoms with Gasteiger partial charge in [0.05, 0.1) is 4.90 Å². The van der Waals surface area contributed by atoms with Crippen molar-refractivity contribution in [1.82, 2.24) is 14.5 Å². The summed E-state index contributed by atoms with van der Waals surface area (Å²) in [6.07, 6.45) is 5.07. The lowest BCUT2D eigenvalue weighted by atomic mass is 9.97. The Bertz CT molecular complexity index is 1060. The third-order valence-electron chi connectivity index (χ3n) is 7.09. The fourth-order valence-electron chi connectivity index (χ4n) is 4.90. The smallest absolute Gasteiger partial charge is 0.243 e. The fourth-order valence-corrected chi connectivity index (χ4v) is 6.42. The topological polar surface area (TPSA) is 69.7 Å². The van der Waals surface area contributed by atoms with Gasteiger partial charge in [-0.2, -0.15) is 4.31 Å². The highest BCUT2D eigenvalue weighted by Gasteiger charge is 2.32. The van der Waals surface area contributed by atoms with Crippen molar-refractivity contribution >= 4 is 15.9 Å². The molecule has 1 aliphatic carbocycles. The van der Waals surface area contributed by atoms with Crippen molar-refractivity contribution in [3.8, 4) is 0 Å². The van der Waals surface area contributed by atoms with E-state index in [0.29, 0.717) is 37.4 Å². The number of carbonyl (C=O) groups excluding carboxylic acids is 1. The summed E-state index contributed by atoms with van der Waals surface area (Å²) in [4.78, 5) is 15.4. The lowest BCUT2D eigenvalue weighted by Crippen LogP contribution is -2.46. The normalized spacial score (nSPS) is 18.3. The predicted molar refractivity (Wildman–Crippen MR) is 131 cm³/mol.